The van der Waals surface area contributed by atoms with Gasteiger partial charge in [-0.1, -0.05) is 48.5 Å². The standard InChI is InChI=1S/C20H20N4OS/c1-25-19-11-10-15(14-6-3-2-4-7-14)13-18(19)24-26-17-9-5-8-16(12-17)20(21)23-22/h2-13,24H,22H2,1H3,(H2,21,23). The van der Waals surface area contributed by atoms with Gasteiger partial charge in [0.05, 0.1) is 12.8 Å². The predicted octanol–water partition coefficient (Wildman–Crippen LogP) is 4.06. The van der Waals surface area contributed by atoms with Crippen molar-refractivity contribution in [1.29, 1.82) is 0 Å². The van der Waals surface area contributed by atoms with Crippen molar-refractivity contribution in [3.05, 3.63) is 78.4 Å². The van der Waals surface area contributed by atoms with Gasteiger partial charge in [-0.25, -0.2) is 0 Å². The molecule has 0 spiro atoms. The number of hydrazone groups is 1. The summed E-state index contributed by atoms with van der Waals surface area (Å²) < 4.78 is 8.83. The Balaban J connectivity index is 1.83. The molecule has 0 radical (unpaired) electrons. The molecule has 5 N–H and O–H groups in total. The highest BCUT2D eigenvalue weighted by Gasteiger charge is 2.07. The van der Waals surface area contributed by atoms with Crippen LogP contribution in [0.5, 0.6) is 5.75 Å². The second-order valence-corrected chi connectivity index (χ2v) is 6.41. The number of rotatable bonds is 6. The highest BCUT2D eigenvalue weighted by Crippen LogP contribution is 2.33. The molecule has 3 rings (SSSR count). The number of hydrogen-bond acceptors (Lipinski definition) is 5. The second kappa shape index (κ2) is 8.31. The fourth-order valence-electron chi connectivity index (χ4n) is 2.51. The number of nitrogens with one attached hydrogen (secondary N) is 1. The van der Waals surface area contributed by atoms with Crippen molar-refractivity contribution in [2.24, 2.45) is 16.7 Å². The summed E-state index contributed by atoms with van der Waals surface area (Å²) in [6.45, 7) is 0. The van der Waals surface area contributed by atoms with E-state index in [1.807, 2.05) is 54.6 Å². The first-order chi connectivity index (χ1) is 12.7. The van der Waals surface area contributed by atoms with Crippen LogP contribution >= 0.6 is 11.9 Å². The summed E-state index contributed by atoms with van der Waals surface area (Å²) in [5.41, 5.74) is 9.71. The van der Waals surface area contributed by atoms with Crippen LogP contribution < -0.4 is 21.0 Å². The normalized spacial score (nSPS) is 11.2. The van der Waals surface area contributed by atoms with Crippen LogP contribution in [0, 0.1) is 0 Å². The van der Waals surface area contributed by atoms with Gasteiger partial charge in [0.1, 0.15) is 11.6 Å². The molecule has 0 aliphatic heterocycles. The minimum atomic E-state index is 0.302. The number of nitrogens with two attached hydrogens (primary N) is 2. The zero-order valence-electron chi connectivity index (χ0n) is 14.3. The van der Waals surface area contributed by atoms with Crippen LogP contribution in [0.2, 0.25) is 0 Å². The molecule has 3 aromatic carbocycles. The number of hydrogen-bond donors (Lipinski definition) is 3. The van der Waals surface area contributed by atoms with E-state index in [0.29, 0.717) is 5.84 Å². The van der Waals surface area contributed by atoms with E-state index in [-0.39, 0.29) is 0 Å². The molecular formula is C20H20N4OS. The molecule has 5 nitrogen and oxygen atoms in total. The van der Waals surface area contributed by atoms with E-state index >= 15 is 0 Å². The van der Waals surface area contributed by atoms with Crippen LogP contribution in [0.4, 0.5) is 5.69 Å². The molecule has 0 aliphatic carbocycles. The molecule has 0 aromatic heterocycles. The largest absolute Gasteiger partial charge is 0.495 e. The lowest BCUT2D eigenvalue weighted by Gasteiger charge is -2.13. The molecule has 0 amide bonds. The molecule has 132 valence electrons. The second-order valence-electron chi connectivity index (χ2n) is 5.53. The molecular weight excluding hydrogens is 344 g/mol. The first kappa shape index (κ1) is 17.7. The highest BCUT2D eigenvalue weighted by atomic mass is 32.2. The smallest absolute Gasteiger partial charge is 0.150 e. The number of amidine groups is 1. The maximum atomic E-state index is 5.78. The lowest BCUT2D eigenvalue weighted by molar-refractivity contribution is 0.417. The third kappa shape index (κ3) is 4.10. The van der Waals surface area contributed by atoms with Gasteiger partial charge in [-0.3, -0.25) is 0 Å². The zero-order valence-corrected chi connectivity index (χ0v) is 15.2. The molecule has 26 heavy (non-hydrogen) atoms. The maximum Gasteiger partial charge on any atom is 0.150 e. The van der Waals surface area contributed by atoms with Gasteiger partial charge < -0.3 is 21.0 Å². The first-order valence-corrected chi connectivity index (χ1v) is 8.83. The minimum absolute atomic E-state index is 0.302. The van der Waals surface area contributed by atoms with E-state index in [9.17, 15) is 0 Å². The summed E-state index contributed by atoms with van der Waals surface area (Å²) in [4.78, 5) is 0.987. The maximum absolute atomic E-state index is 5.78. The molecule has 0 saturated carbocycles. The van der Waals surface area contributed by atoms with Crippen molar-refractivity contribution in [2.75, 3.05) is 11.8 Å². The SMILES string of the molecule is COc1ccc(-c2ccccc2)cc1NSc1cccc(/C(N)=N/N)c1. The molecule has 0 aliphatic rings. The number of ether oxygens (including phenoxy) is 1. The Hall–Kier alpha value is -3.12. The Labute approximate surface area is 157 Å². The molecule has 0 bridgehead atoms. The number of methoxy groups -OCH3 is 1. The summed E-state index contributed by atoms with van der Waals surface area (Å²) in [5.74, 6) is 6.33. The average molecular weight is 364 g/mol. The van der Waals surface area contributed by atoms with Crippen molar-refractivity contribution < 1.29 is 4.74 Å². The Bertz CT molecular complexity index is 913. The fourth-order valence-corrected chi connectivity index (χ4v) is 3.23. The summed E-state index contributed by atoms with van der Waals surface area (Å²) in [6, 6.07) is 24.0. The van der Waals surface area contributed by atoms with Crippen LogP contribution in [0.1, 0.15) is 5.56 Å². The van der Waals surface area contributed by atoms with E-state index in [1.54, 1.807) is 7.11 Å². The van der Waals surface area contributed by atoms with E-state index in [1.165, 1.54) is 11.9 Å². The van der Waals surface area contributed by atoms with Crippen molar-refractivity contribution in [3.8, 4) is 16.9 Å². The van der Waals surface area contributed by atoms with Gasteiger partial charge in [0, 0.05) is 10.5 Å². The van der Waals surface area contributed by atoms with Crippen molar-refractivity contribution in [2.45, 2.75) is 4.90 Å². The van der Waals surface area contributed by atoms with E-state index in [4.69, 9.17) is 16.3 Å². The quantitative estimate of drug-likeness (QED) is 0.202. The molecule has 0 unspecified atom stereocenters. The van der Waals surface area contributed by atoms with Gasteiger partial charge >= 0.3 is 0 Å². The third-order valence-corrected chi connectivity index (χ3v) is 4.67. The summed E-state index contributed by atoms with van der Waals surface area (Å²) in [5, 5.41) is 3.54. The van der Waals surface area contributed by atoms with Gasteiger partial charge in [-0.05, 0) is 47.3 Å². The molecule has 3 aromatic rings. The van der Waals surface area contributed by atoms with Crippen LogP contribution in [0.25, 0.3) is 11.1 Å². The molecule has 0 atom stereocenters. The van der Waals surface area contributed by atoms with E-state index in [2.05, 4.69) is 28.0 Å². The molecule has 0 fully saturated rings. The van der Waals surface area contributed by atoms with Crippen molar-refractivity contribution >= 4 is 23.5 Å². The van der Waals surface area contributed by atoms with Crippen molar-refractivity contribution in [3.63, 3.8) is 0 Å². The molecule has 0 saturated heterocycles. The number of anilines is 1. The number of benzene rings is 3. The van der Waals surface area contributed by atoms with Crippen LogP contribution in [0.15, 0.2) is 82.8 Å². The van der Waals surface area contributed by atoms with Crippen LogP contribution in [-0.2, 0) is 0 Å². The zero-order chi connectivity index (χ0) is 18.4. The monoisotopic (exact) mass is 364 g/mol. The van der Waals surface area contributed by atoms with Gasteiger partial charge in [0.2, 0.25) is 0 Å². The molecule has 0 heterocycles. The Morgan fingerprint density at radius 1 is 0.962 bits per heavy atom. The third-order valence-electron chi connectivity index (χ3n) is 3.85. The Morgan fingerprint density at radius 3 is 2.50 bits per heavy atom. The lowest BCUT2D eigenvalue weighted by atomic mass is 10.1. The predicted molar refractivity (Wildman–Crippen MR) is 109 cm³/mol. The topological polar surface area (TPSA) is 85.7 Å². The first-order valence-electron chi connectivity index (χ1n) is 8.01. The van der Waals surface area contributed by atoms with E-state index in [0.717, 1.165) is 33.0 Å². The summed E-state index contributed by atoms with van der Waals surface area (Å²) in [6.07, 6.45) is 0. The van der Waals surface area contributed by atoms with Gasteiger partial charge in [-0.2, -0.15) is 5.10 Å². The minimum Gasteiger partial charge on any atom is -0.495 e. The average Bonchev–Trinajstić information content (AvgIpc) is 2.72. The van der Waals surface area contributed by atoms with Crippen LogP contribution in [-0.4, -0.2) is 12.9 Å². The lowest BCUT2D eigenvalue weighted by Crippen LogP contribution is -2.15. The highest BCUT2D eigenvalue weighted by molar-refractivity contribution is 8.00. The molecule has 6 heteroatoms. The Kier molecular flexibility index (Phi) is 5.66. The summed E-state index contributed by atoms with van der Waals surface area (Å²) >= 11 is 1.47. The summed E-state index contributed by atoms with van der Waals surface area (Å²) in [7, 11) is 1.66. The van der Waals surface area contributed by atoms with Crippen LogP contribution in [0.3, 0.4) is 0 Å². The number of nitrogens with zero attached hydrogens (tertiary/aromatic N) is 1. The van der Waals surface area contributed by atoms with Gasteiger partial charge in [0.15, 0.2) is 0 Å². The van der Waals surface area contributed by atoms with E-state index < -0.39 is 0 Å². The van der Waals surface area contributed by atoms with Crippen molar-refractivity contribution in [1.82, 2.24) is 0 Å². The van der Waals surface area contributed by atoms with Gasteiger partial charge in [0.25, 0.3) is 0 Å². The fraction of sp³-hybridized carbons (Fsp3) is 0.0500. The Morgan fingerprint density at radius 2 is 1.77 bits per heavy atom. The van der Waals surface area contributed by atoms with Gasteiger partial charge in [-0.15, -0.1) is 0 Å².